The summed E-state index contributed by atoms with van der Waals surface area (Å²) in [5.41, 5.74) is 3.27. The number of likely N-dealkylation sites (tertiary alicyclic amines) is 1. The van der Waals surface area contributed by atoms with Gasteiger partial charge in [0, 0.05) is 12.1 Å². The van der Waals surface area contributed by atoms with Gasteiger partial charge in [-0.15, -0.1) is 5.10 Å². The van der Waals surface area contributed by atoms with Gasteiger partial charge < -0.3 is 4.98 Å². The van der Waals surface area contributed by atoms with Gasteiger partial charge in [-0.1, -0.05) is 37.3 Å². The second-order valence-corrected chi connectivity index (χ2v) is 9.06. The number of fused-ring (bicyclic) bond motifs is 1. The van der Waals surface area contributed by atoms with E-state index in [1.54, 1.807) is 16.8 Å². The highest BCUT2D eigenvalue weighted by Gasteiger charge is 2.32. The predicted octanol–water partition coefficient (Wildman–Crippen LogP) is 3.83. The maximum Gasteiger partial charge on any atom is 0.253 e. The molecule has 2 atom stereocenters. The van der Waals surface area contributed by atoms with Crippen LogP contribution in [0.5, 0.6) is 0 Å². The van der Waals surface area contributed by atoms with E-state index in [1.165, 1.54) is 12.1 Å². The van der Waals surface area contributed by atoms with E-state index in [0.29, 0.717) is 23.9 Å². The van der Waals surface area contributed by atoms with Crippen LogP contribution >= 0.6 is 0 Å². The minimum atomic E-state index is -0.378. The number of halogens is 1. The van der Waals surface area contributed by atoms with Crippen LogP contribution in [0.2, 0.25) is 0 Å². The van der Waals surface area contributed by atoms with Crippen molar-refractivity contribution in [1.82, 2.24) is 30.1 Å². The van der Waals surface area contributed by atoms with Gasteiger partial charge in [0.15, 0.2) is 5.82 Å². The van der Waals surface area contributed by atoms with Crippen LogP contribution in [0.3, 0.4) is 0 Å². The first-order chi connectivity index (χ1) is 16.0. The molecule has 0 spiro atoms. The lowest BCUT2D eigenvalue weighted by molar-refractivity contribution is 0.141. The summed E-state index contributed by atoms with van der Waals surface area (Å²) in [7, 11) is 0. The Morgan fingerprint density at radius 2 is 2.03 bits per heavy atom. The molecule has 0 saturated carbocycles. The van der Waals surface area contributed by atoms with Gasteiger partial charge >= 0.3 is 0 Å². The Labute approximate surface area is 191 Å². The zero-order chi connectivity index (χ0) is 22.9. The fourth-order valence-electron chi connectivity index (χ4n) is 4.85. The highest BCUT2D eigenvalue weighted by Crippen LogP contribution is 2.31. The van der Waals surface area contributed by atoms with E-state index in [9.17, 15) is 9.18 Å². The standard InChI is InChI=1S/C25H27FN6O/c1-16-5-4-12-31(14-16)23(21-13-19-7-3-6-17(2)22(19)27-25(21)33)24-28-29-30-32(24)15-18-8-10-20(26)11-9-18/h3,6-11,13,16,23H,4-5,12,14-15H2,1-2H3,(H,27,33)/t16-,23+/m0/s1. The lowest BCUT2D eigenvalue weighted by Gasteiger charge is -2.36. The van der Waals surface area contributed by atoms with Crippen molar-refractivity contribution in [1.29, 1.82) is 0 Å². The summed E-state index contributed by atoms with van der Waals surface area (Å²) in [4.78, 5) is 18.8. The monoisotopic (exact) mass is 446 g/mol. The molecule has 0 aliphatic carbocycles. The summed E-state index contributed by atoms with van der Waals surface area (Å²) in [6.45, 7) is 6.35. The first-order valence-corrected chi connectivity index (χ1v) is 11.4. The summed E-state index contributed by atoms with van der Waals surface area (Å²) in [6.07, 6.45) is 2.22. The number of nitrogens with one attached hydrogen (secondary N) is 1. The molecule has 0 unspecified atom stereocenters. The number of hydrogen-bond donors (Lipinski definition) is 1. The molecule has 1 N–H and O–H groups in total. The minimum Gasteiger partial charge on any atom is -0.321 e. The Morgan fingerprint density at radius 1 is 1.21 bits per heavy atom. The highest BCUT2D eigenvalue weighted by molar-refractivity contribution is 5.82. The Morgan fingerprint density at radius 3 is 2.82 bits per heavy atom. The van der Waals surface area contributed by atoms with E-state index in [0.717, 1.165) is 48.0 Å². The van der Waals surface area contributed by atoms with Crippen molar-refractivity contribution in [3.05, 3.63) is 87.2 Å². The number of nitrogens with zero attached hydrogens (tertiary/aromatic N) is 5. The molecule has 0 radical (unpaired) electrons. The first kappa shape index (κ1) is 21.5. The van der Waals surface area contributed by atoms with Crippen molar-refractivity contribution in [2.45, 2.75) is 39.3 Å². The SMILES string of the molecule is Cc1cccc2cc([C@H](c3nnnn3Cc3ccc(F)cc3)N3CCC[C@H](C)C3)c(=O)[nH]c12. The van der Waals surface area contributed by atoms with Crippen molar-refractivity contribution >= 4 is 10.9 Å². The first-order valence-electron chi connectivity index (χ1n) is 11.4. The van der Waals surface area contributed by atoms with Gasteiger partial charge in [0.05, 0.1) is 12.1 Å². The highest BCUT2D eigenvalue weighted by atomic mass is 19.1. The summed E-state index contributed by atoms with van der Waals surface area (Å²) in [5.74, 6) is 0.851. The van der Waals surface area contributed by atoms with E-state index >= 15 is 0 Å². The normalized spacial score (nSPS) is 18.0. The molecule has 1 saturated heterocycles. The van der Waals surface area contributed by atoms with Crippen LogP contribution in [0.15, 0.2) is 53.3 Å². The van der Waals surface area contributed by atoms with Crippen LogP contribution in [0.4, 0.5) is 4.39 Å². The largest absolute Gasteiger partial charge is 0.321 e. The molecule has 8 heteroatoms. The molecule has 1 aliphatic rings. The minimum absolute atomic E-state index is 0.128. The van der Waals surface area contributed by atoms with Crippen LogP contribution in [0.1, 0.15) is 48.3 Å². The molecule has 5 rings (SSSR count). The number of benzene rings is 2. The predicted molar refractivity (Wildman–Crippen MR) is 124 cm³/mol. The molecule has 0 amide bonds. The Balaban J connectivity index is 1.62. The van der Waals surface area contributed by atoms with E-state index in [4.69, 9.17) is 0 Å². The summed E-state index contributed by atoms with van der Waals surface area (Å²) in [6, 6.07) is 13.9. The molecule has 2 aromatic carbocycles. The molecular weight excluding hydrogens is 419 g/mol. The number of hydrogen-bond acceptors (Lipinski definition) is 5. The number of H-pyrrole nitrogens is 1. The number of rotatable bonds is 5. The number of aryl methyl sites for hydroxylation is 1. The summed E-state index contributed by atoms with van der Waals surface area (Å²) in [5, 5.41) is 13.5. The fourth-order valence-corrected chi connectivity index (χ4v) is 4.85. The third kappa shape index (κ3) is 4.30. The van der Waals surface area contributed by atoms with Gasteiger partial charge in [-0.2, -0.15) is 0 Å². The average Bonchev–Trinajstić information content (AvgIpc) is 3.24. The van der Waals surface area contributed by atoms with E-state index in [-0.39, 0.29) is 17.4 Å². The average molecular weight is 447 g/mol. The maximum absolute atomic E-state index is 13.4. The van der Waals surface area contributed by atoms with Crippen LogP contribution in [0, 0.1) is 18.7 Å². The van der Waals surface area contributed by atoms with E-state index < -0.39 is 0 Å². The number of aromatic nitrogens is 5. The van der Waals surface area contributed by atoms with Crippen molar-refractivity contribution in [3.8, 4) is 0 Å². The number of aromatic amines is 1. The molecule has 1 fully saturated rings. The summed E-state index contributed by atoms with van der Waals surface area (Å²) < 4.78 is 15.1. The van der Waals surface area contributed by atoms with Crippen molar-refractivity contribution in [3.63, 3.8) is 0 Å². The van der Waals surface area contributed by atoms with Crippen LogP contribution < -0.4 is 5.56 Å². The van der Waals surface area contributed by atoms with Crippen LogP contribution in [-0.2, 0) is 6.54 Å². The van der Waals surface area contributed by atoms with Crippen molar-refractivity contribution < 1.29 is 4.39 Å². The third-order valence-electron chi connectivity index (χ3n) is 6.51. The van der Waals surface area contributed by atoms with Gasteiger partial charge in [0.25, 0.3) is 5.56 Å². The third-order valence-corrected chi connectivity index (χ3v) is 6.51. The smallest absolute Gasteiger partial charge is 0.253 e. The van der Waals surface area contributed by atoms with Gasteiger partial charge in [0.2, 0.25) is 0 Å². The zero-order valence-electron chi connectivity index (χ0n) is 18.8. The van der Waals surface area contributed by atoms with Gasteiger partial charge in [-0.25, -0.2) is 9.07 Å². The second kappa shape index (κ2) is 8.86. The maximum atomic E-state index is 13.4. The van der Waals surface area contributed by atoms with Crippen molar-refractivity contribution in [2.24, 2.45) is 5.92 Å². The quantitative estimate of drug-likeness (QED) is 0.504. The number of para-hydroxylation sites is 1. The van der Waals surface area contributed by atoms with Crippen LogP contribution in [0.25, 0.3) is 10.9 Å². The molecular formula is C25H27FN6O. The van der Waals surface area contributed by atoms with E-state index in [1.807, 2.05) is 31.2 Å². The Hall–Kier alpha value is -3.39. The van der Waals surface area contributed by atoms with Crippen LogP contribution in [-0.4, -0.2) is 43.2 Å². The Kier molecular flexibility index (Phi) is 5.76. The topological polar surface area (TPSA) is 79.7 Å². The molecule has 0 bridgehead atoms. The molecule has 170 valence electrons. The zero-order valence-corrected chi connectivity index (χ0v) is 18.8. The molecule has 4 aromatic rings. The lowest BCUT2D eigenvalue weighted by Crippen LogP contribution is -2.41. The molecule has 3 heterocycles. The van der Waals surface area contributed by atoms with Gasteiger partial charge in [-0.3, -0.25) is 9.69 Å². The summed E-state index contributed by atoms with van der Waals surface area (Å²) >= 11 is 0. The van der Waals surface area contributed by atoms with Gasteiger partial charge in [0.1, 0.15) is 11.9 Å². The second-order valence-electron chi connectivity index (χ2n) is 9.06. The molecule has 33 heavy (non-hydrogen) atoms. The number of tetrazole rings is 1. The van der Waals surface area contributed by atoms with E-state index in [2.05, 4.69) is 32.3 Å². The fraction of sp³-hybridized carbons (Fsp3) is 0.360. The lowest BCUT2D eigenvalue weighted by atomic mass is 9.95. The number of pyridine rings is 1. The molecule has 7 nitrogen and oxygen atoms in total. The van der Waals surface area contributed by atoms with Crippen molar-refractivity contribution in [2.75, 3.05) is 13.1 Å². The Bertz CT molecular complexity index is 1330. The molecule has 1 aliphatic heterocycles. The van der Waals surface area contributed by atoms with Gasteiger partial charge in [-0.05, 0) is 77.4 Å². The molecule has 2 aromatic heterocycles. The number of piperidine rings is 1.